The predicted octanol–water partition coefficient (Wildman–Crippen LogP) is 3.99. The van der Waals surface area contributed by atoms with Crippen molar-refractivity contribution in [3.8, 4) is 5.69 Å². The van der Waals surface area contributed by atoms with E-state index < -0.39 is 16.6 Å². The number of carbonyl (C=O) groups is 1. The van der Waals surface area contributed by atoms with Gasteiger partial charge in [0.1, 0.15) is 11.6 Å². The van der Waals surface area contributed by atoms with Crippen LogP contribution in [0.15, 0.2) is 71.5 Å². The molecule has 1 amide bonds. The normalized spacial score (nSPS) is 10.8. The van der Waals surface area contributed by atoms with Crippen molar-refractivity contribution in [3.63, 3.8) is 0 Å². The molecule has 1 N–H and O–H groups in total. The van der Waals surface area contributed by atoms with Gasteiger partial charge in [-0.25, -0.2) is 9.37 Å². The zero-order chi connectivity index (χ0) is 22.1. The van der Waals surface area contributed by atoms with Gasteiger partial charge in [-0.3, -0.25) is 24.3 Å². The Morgan fingerprint density at radius 3 is 2.52 bits per heavy atom. The molecule has 0 saturated heterocycles. The first kappa shape index (κ1) is 19.9. The number of nitrogens with one attached hydrogen (secondary N) is 1. The number of hydrogen-bond acceptors (Lipinski definition) is 5. The van der Waals surface area contributed by atoms with Crippen LogP contribution in [0.4, 0.5) is 15.8 Å². The van der Waals surface area contributed by atoms with Crippen LogP contribution in [-0.4, -0.2) is 20.4 Å². The van der Waals surface area contributed by atoms with Crippen LogP contribution >= 0.6 is 0 Å². The molecule has 0 bridgehead atoms. The molecule has 154 valence electrons. The van der Waals surface area contributed by atoms with Gasteiger partial charge in [0.2, 0.25) is 0 Å². The number of benzene rings is 3. The van der Waals surface area contributed by atoms with Crippen LogP contribution in [0.1, 0.15) is 16.2 Å². The molecule has 0 aliphatic rings. The molecule has 8 nitrogen and oxygen atoms in total. The van der Waals surface area contributed by atoms with E-state index >= 15 is 0 Å². The Bertz CT molecular complexity index is 1400. The van der Waals surface area contributed by atoms with E-state index in [9.17, 15) is 24.1 Å². The third-order valence-corrected chi connectivity index (χ3v) is 4.74. The number of non-ortho nitro benzene ring substituents is 1. The van der Waals surface area contributed by atoms with Crippen molar-refractivity contribution in [2.24, 2.45) is 0 Å². The third kappa shape index (κ3) is 3.76. The van der Waals surface area contributed by atoms with Crippen molar-refractivity contribution in [1.29, 1.82) is 0 Å². The van der Waals surface area contributed by atoms with Crippen LogP contribution in [0.3, 0.4) is 0 Å². The van der Waals surface area contributed by atoms with Crippen molar-refractivity contribution >= 4 is 28.2 Å². The van der Waals surface area contributed by atoms with E-state index in [-0.39, 0.29) is 22.5 Å². The highest BCUT2D eigenvalue weighted by Gasteiger charge is 2.15. The molecule has 1 heterocycles. The highest BCUT2D eigenvalue weighted by Crippen LogP contribution is 2.21. The maximum atomic E-state index is 14.4. The summed E-state index contributed by atoms with van der Waals surface area (Å²) in [7, 11) is 0. The smallest absolute Gasteiger partial charge is 0.269 e. The molecular formula is C22H15FN4O4. The Morgan fingerprint density at radius 1 is 1.10 bits per heavy atom. The summed E-state index contributed by atoms with van der Waals surface area (Å²) in [6.07, 6.45) is 0. The van der Waals surface area contributed by atoms with Crippen LogP contribution in [-0.2, 0) is 0 Å². The van der Waals surface area contributed by atoms with Crippen molar-refractivity contribution in [2.45, 2.75) is 6.92 Å². The zero-order valence-electron chi connectivity index (χ0n) is 16.2. The number of para-hydroxylation sites is 1. The molecule has 3 aromatic carbocycles. The average Bonchev–Trinajstić information content (AvgIpc) is 2.76. The molecule has 0 saturated carbocycles. The number of halogens is 1. The minimum atomic E-state index is -0.696. The first-order chi connectivity index (χ1) is 14.8. The van der Waals surface area contributed by atoms with Crippen LogP contribution in [0.25, 0.3) is 16.6 Å². The number of aryl methyl sites for hydroxylation is 1. The van der Waals surface area contributed by atoms with E-state index in [4.69, 9.17) is 0 Å². The quantitative estimate of drug-likeness (QED) is 0.398. The van der Waals surface area contributed by atoms with Crippen LogP contribution in [0.5, 0.6) is 0 Å². The summed E-state index contributed by atoms with van der Waals surface area (Å²) in [5.41, 5.74) is 0.387. The second kappa shape index (κ2) is 7.79. The van der Waals surface area contributed by atoms with Gasteiger partial charge < -0.3 is 5.32 Å². The Balaban J connectivity index is 1.71. The first-order valence-electron chi connectivity index (χ1n) is 9.19. The van der Waals surface area contributed by atoms with Crippen molar-refractivity contribution in [3.05, 3.63) is 104 Å². The summed E-state index contributed by atoms with van der Waals surface area (Å²) < 4.78 is 15.7. The maximum Gasteiger partial charge on any atom is 0.269 e. The van der Waals surface area contributed by atoms with Gasteiger partial charge in [0.05, 0.1) is 27.2 Å². The Morgan fingerprint density at radius 2 is 1.81 bits per heavy atom. The summed E-state index contributed by atoms with van der Waals surface area (Å²) in [6.45, 7) is 1.66. The summed E-state index contributed by atoms with van der Waals surface area (Å²) in [5.74, 6) is -0.937. The number of nitro benzene ring substituents is 1. The van der Waals surface area contributed by atoms with Gasteiger partial charge in [-0.2, -0.15) is 0 Å². The van der Waals surface area contributed by atoms with E-state index in [1.54, 1.807) is 31.2 Å². The fraction of sp³-hybridized carbons (Fsp3) is 0.0455. The van der Waals surface area contributed by atoms with E-state index in [1.165, 1.54) is 41.0 Å². The molecule has 0 fully saturated rings. The molecule has 9 heteroatoms. The number of amides is 1. The number of hydrogen-bond donors (Lipinski definition) is 1. The summed E-state index contributed by atoms with van der Waals surface area (Å²) in [6, 6.07) is 15.7. The van der Waals surface area contributed by atoms with Gasteiger partial charge in [-0.1, -0.05) is 12.1 Å². The molecule has 0 radical (unpaired) electrons. The molecule has 0 aliphatic carbocycles. The monoisotopic (exact) mass is 418 g/mol. The standard InChI is InChI=1S/C22H15FN4O4/c1-13-24-19-5-3-2-4-17(19)22(29)26(13)16-10-11-18(23)20(12-16)25-21(28)14-6-8-15(9-7-14)27(30)31/h2-12H,1H3,(H,25,28). The minimum Gasteiger partial charge on any atom is -0.319 e. The van der Waals surface area contributed by atoms with Crippen LogP contribution < -0.4 is 10.9 Å². The lowest BCUT2D eigenvalue weighted by atomic mass is 10.2. The second-order valence-corrected chi connectivity index (χ2v) is 6.74. The fourth-order valence-corrected chi connectivity index (χ4v) is 3.22. The molecule has 4 rings (SSSR count). The molecule has 31 heavy (non-hydrogen) atoms. The van der Waals surface area contributed by atoms with E-state index in [1.807, 2.05) is 0 Å². The summed E-state index contributed by atoms with van der Waals surface area (Å²) in [4.78, 5) is 40.0. The van der Waals surface area contributed by atoms with Crippen LogP contribution in [0, 0.1) is 22.9 Å². The molecular weight excluding hydrogens is 403 g/mol. The maximum absolute atomic E-state index is 14.4. The average molecular weight is 418 g/mol. The van der Waals surface area contributed by atoms with Gasteiger partial charge in [-0.05, 0) is 49.4 Å². The zero-order valence-corrected chi connectivity index (χ0v) is 16.2. The number of anilines is 1. The van der Waals surface area contributed by atoms with E-state index in [2.05, 4.69) is 10.3 Å². The highest BCUT2D eigenvalue weighted by atomic mass is 19.1. The highest BCUT2D eigenvalue weighted by molar-refractivity contribution is 6.04. The van der Waals surface area contributed by atoms with Crippen molar-refractivity contribution in [1.82, 2.24) is 9.55 Å². The number of rotatable bonds is 4. The summed E-state index contributed by atoms with van der Waals surface area (Å²) in [5, 5.41) is 13.6. The predicted molar refractivity (Wildman–Crippen MR) is 113 cm³/mol. The molecule has 0 unspecified atom stereocenters. The largest absolute Gasteiger partial charge is 0.319 e. The SMILES string of the molecule is Cc1nc2ccccc2c(=O)n1-c1ccc(F)c(NC(=O)c2ccc([N+](=O)[O-])cc2)c1. The molecule has 1 aromatic heterocycles. The molecule has 4 aromatic rings. The van der Waals surface area contributed by atoms with Gasteiger partial charge in [0.15, 0.2) is 0 Å². The number of nitro groups is 1. The fourth-order valence-electron chi connectivity index (χ4n) is 3.22. The van der Waals surface area contributed by atoms with Crippen molar-refractivity contribution in [2.75, 3.05) is 5.32 Å². The van der Waals surface area contributed by atoms with Gasteiger partial charge in [-0.15, -0.1) is 0 Å². The van der Waals surface area contributed by atoms with Gasteiger partial charge in [0.25, 0.3) is 17.2 Å². The molecule has 0 atom stereocenters. The number of aromatic nitrogens is 2. The topological polar surface area (TPSA) is 107 Å². The summed E-state index contributed by atoms with van der Waals surface area (Å²) >= 11 is 0. The van der Waals surface area contributed by atoms with Crippen molar-refractivity contribution < 1.29 is 14.1 Å². The Labute approximate surface area is 174 Å². The molecule has 0 spiro atoms. The lowest BCUT2D eigenvalue weighted by molar-refractivity contribution is -0.384. The Kier molecular flexibility index (Phi) is 5.00. The first-order valence-corrected chi connectivity index (χ1v) is 9.19. The van der Waals surface area contributed by atoms with Gasteiger partial charge in [0, 0.05) is 17.7 Å². The van der Waals surface area contributed by atoms with Gasteiger partial charge >= 0.3 is 0 Å². The van der Waals surface area contributed by atoms with Crippen LogP contribution in [0.2, 0.25) is 0 Å². The number of nitrogens with zero attached hydrogens (tertiary/aromatic N) is 3. The minimum absolute atomic E-state index is 0.121. The molecule has 0 aliphatic heterocycles. The number of carbonyl (C=O) groups excluding carboxylic acids is 1. The Hall–Kier alpha value is -4.40. The van der Waals surface area contributed by atoms with E-state index in [0.29, 0.717) is 22.4 Å². The second-order valence-electron chi connectivity index (χ2n) is 6.74. The third-order valence-electron chi connectivity index (χ3n) is 4.74. The van der Waals surface area contributed by atoms with E-state index in [0.717, 1.165) is 6.07 Å². The lowest BCUT2D eigenvalue weighted by Gasteiger charge is -2.13. The lowest BCUT2D eigenvalue weighted by Crippen LogP contribution is -2.22. The number of fused-ring (bicyclic) bond motifs is 1.